The number of carbonyl (C=O) groups excluding carboxylic acids is 1. The Morgan fingerprint density at radius 1 is 1.05 bits per heavy atom. The molecule has 4 aliphatic rings. The lowest BCUT2D eigenvalue weighted by atomic mass is 9.68. The van der Waals surface area contributed by atoms with Gasteiger partial charge in [-0.3, -0.25) is 4.79 Å². The third-order valence-corrected chi connectivity index (χ3v) is 5.95. The van der Waals surface area contributed by atoms with E-state index in [1.807, 2.05) is 0 Å². The first-order valence-electron chi connectivity index (χ1n) is 7.95. The van der Waals surface area contributed by atoms with Gasteiger partial charge in [-0.25, -0.2) is 0 Å². The maximum absolute atomic E-state index is 12.4. The summed E-state index contributed by atoms with van der Waals surface area (Å²) in [6.45, 7) is 0.828. The Hall–Kier alpha value is -0.610. The molecule has 1 aliphatic heterocycles. The van der Waals surface area contributed by atoms with Crippen LogP contribution in [0.15, 0.2) is 0 Å². The average Bonchev–Trinajstić information content (AvgIpc) is 3.18. The summed E-state index contributed by atoms with van der Waals surface area (Å²) in [7, 11) is 0. The molecule has 4 heteroatoms. The first-order chi connectivity index (χ1) is 9.27. The van der Waals surface area contributed by atoms with Gasteiger partial charge in [-0.05, 0) is 37.5 Å². The van der Waals surface area contributed by atoms with Gasteiger partial charge in [0.1, 0.15) is 0 Å². The third kappa shape index (κ3) is 1.83. The summed E-state index contributed by atoms with van der Waals surface area (Å²) in [5.41, 5.74) is 6.20. The van der Waals surface area contributed by atoms with E-state index in [2.05, 4.69) is 5.32 Å². The van der Waals surface area contributed by atoms with E-state index in [0.29, 0.717) is 17.8 Å². The number of amides is 1. The summed E-state index contributed by atoms with van der Waals surface area (Å²) < 4.78 is 5.78. The Bertz CT molecular complexity index is 374. The van der Waals surface area contributed by atoms with Gasteiger partial charge in [-0.2, -0.15) is 0 Å². The SMILES string of the molecule is NC1C2CCCOC2C1NC(=O)C1C2CCCCC21. The van der Waals surface area contributed by atoms with Crippen LogP contribution in [-0.2, 0) is 9.53 Å². The second-order valence-corrected chi connectivity index (χ2v) is 6.89. The van der Waals surface area contributed by atoms with Crippen LogP contribution in [0.5, 0.6) is 0 Å². The summed E-state index contributed by atoms with van der Waals surface area (Å²) in [6, 6.07) is 0.176. The molecule has 1 heterocycles. The van der Waals surface area contributed by atoms with Gasteiger partial charge in [-0.15, -0.1) is 0 Å². The fourth-order valence-electron chi connectivity index (χ4n) is 4.77. The van der Waals surface area contributed by atoms with Crippen molar-refractivity contribution in [2.75, 3.05) is 6.61 Å². The molecule has 0 spiro atoms. The number of hydrogen-bond donors (Lipinski definition) is 2. The van der Waals surface area contributed by atoms with Crippen LogP contribution in [0.1, 0.15) is 38.5 Å². The van der Waals surface area contributed by atoms with E-state index in [4.69, 9.17) is 10.5 Å². The van der Waals surface area contributed by atoms with E-state index in [1.165, 1.54) is 25.7 Å². The highest BCUT2D eigenvalue weighted by Gasteiger charge is 2.57. The molecule has 4 fully saturated rings. The highest BCUT2D eigenvalue weighted by Crippen LogP contribution is 2.55. The number of nitrogens with one attached hydrogen (secondary N) is 1. The highest BCUT2D eigenvalue weighted by atomic mass is 16.5. The van der Waals surface area contributed by atoms with Crippen LogP contribution in [-0.4, -0.2) is 30.7 Å². The summed E-state index contributed by atoms with van der Waals surface area (Å²) in [6.07, 6.45) is 7.58. The standard InChI is InChI=1S/C15H24N2O2/c16-12-10-6-3-7-19-14(10)13(12)17-15(18)11-8-4-1-2-5-9(8)11/h8-14H,1-7,16H2,(H,17,18). The third-order valence-electron chi connectivity index (χ3n) is 5.95. The maximum atomic E-state index is 12.4. The molecule has 0 aromatic heterocycles. The van der Waals surface area contributed by atoms with Crippen LogP contribution < -0.4 is 11.1 Å². The van der Waals surface area contributed by atoms with Crippen LogP contribution in [0.4, 0.5) is 0 Å². The van der Waals surface area contributed by atoms with Gasteiger partial charge in [0.2, 0.25) is 5.91 Å². The van der Waals surface area contributed by atoms with E-state index in [9.17, 15) is 4.79 Å². The number of nitrogens with two attached hydrogens (primary N) is 1. The zero-order valence-corrected chi connectivity index (χ0v) is 11.4. The lowest BCUT2D eigenvalue weighted by molar-refractivity contribution is -0.140. The number of carbonyl (C=O) groups is 1. The minimum atomic E-state index is 0.0699. The van der Waals surface area contributed by atoms with Crippen molar-refractivity contribution in [3.8, 4) is 0 Å². The molecule has 0 bridgehead atoms. The van der Waals surface area contributed by atoms with Gasteiger partial charge in [0.05, 0.1) is 12.1 Å². The Kier molecular flexibility index (Phi) is 2.85. The monoisotopic (exact) mass is 264 g/mol. The van der Waals surface area contributed by atoms with Crippen LogP contribution in [0.2, 0.25) is 0 Å². The minimum Gasteiger partial charge on any atom is -0.376 e. The van der Waals surface area contributed by atoms with Crippen LogP contribution in [0.25, 0.3) is 0 Å². The fraction of sp³-hybridized carbons (Fsp3) is 0.933. The van der Waals surface area contributed by atoms with Gasteiger partial charge in [0.25, 0.3) is 0 Å². The second kappa shape index (κ2) is 4.45. The molecular weight excluding hydrogens is 240 g/mol. The Morgan fingerprint density at radius 3 is 2.47 bits per heavy atom. The van der Waals surface area contributed by atoms with Crippen molar-refractivity contribution >= 4 is 5.91 Å². The van der Waals surface area contributed by atoms with E-state index < -0.39 is 0 Å². The maximum Gasteiger partial charge on any atom is 0.224 e. The molecule has 1 amide bonds. The second-order valence-electron chi connectivity index (χ2n) is 6.89. The lowest BCUT2D eigenvalue weighted by Gasteiger charge is -2.52. The molecule has 6 atom stereocenters. The molecule has 3 aliphatic carbocycles. The number of rotatable bonds is 2. The summed E-state index contributed by atoms with van der Waals surface area (Å²) >= 11 is 0. The highest BCUT2D eigenvalue weighted by molar-refractivity contribution is 5.82. The van der Waals surface area contributed by atoms with Crippen molar-refractivity contribution in [3.63, 3.8) is 0 Å². The topological polar surface area (TPSA) is 64.3 Å². The zero-order valence-electron chi connectivity index (χ0n) is 11.4. The van der Waals surface area contributed by atoms with Crippen LogP contribution in [0.3, 0.4) is 0 Å². The van der Waals surface area contributed by atoms with E-state index in [1.54, 1.807) is 0 Å². The van der Waals surface area contributed by atoms with Crippen LogP contribution in [0, 0.1) is 23.7 Å². The molecular formula is C15H24N2O2. The lowest BCUT2D eigenvalue weighted by Crippen LogP contribution is -2.72. The predicted molar refractivity (Wildman–Crippen MR) is 71.3 cm³/mol. The van der Waals surface area contributed by atoms with E-state index >= 15 is 0 Å². The molecule has 0 aromatic rings. The van der Waals surface area contributed by atoms with E-state index in [-0.39, 0.29) is 30.0 Å². The van der Waals surface area contributed by atoms with Crippen LogP contribution >= 0.6 is 0 Å². The molecule has 19 heavy (non-hydrogen) atoms. The molecule has 4 rings (SSSR count). The summed E-state index contributed by atoms with van der Waals surface area (Å²) in [5, 5.41) is 3.19. The predicted octanol–water partition coefficient (Wildman–Crippen LogP) is 1.04. The quantitative estimate of drug-likeness (QED) is 0.783. The smallest absolute Gasteiger partial charge is 0.224 e. The van der Waals surface area contributed by atoms with Gasteiger partial charge in [0.15, 0.2) is 0 Å². The van der Waals surface area contributed by atoms with Gasteiger partial charge >= 0.3 is 0 Å². The molecule has 3 saturated carbocycles. The minimum absolute atomic E-state index is 0.0699. The van der Waals surface area contributed by atoms with Crippen molar-refractivity contribution in [1.82, 2.24) is 5.32 Å². The van der Waals surface area contributed by atoms with Crippen molar-refractivity contribution in [1.29, 1.82) is 0 Å². The molecule has 0 aromatic carbocycles. The first-order valence-corrected chi connectivity index (χ1v) is 7.95. The van der Waals surface area contributed by atoms with Crippen molar-refractivity contribution < 1.29 is 9.53 Å². The van der Waals surface area contributed by atoms with Gasteiger partial charge < -0.3 is 15.8 Å². The Morgan fingerprint density at radius 2 is 1.74 bits per heavy atom. The normalized spacial score (nSPS) is 51.5. The number of ether oxygens (including phenoxy) is 1. The Balaban J connectivity index is 1.36. The molecule has 6 unspecified atom stereocenters. The van der Waals surface area contributed by atoms with E-state index in [0.717, 1.165) is 19.4 Å². The van der Waals surface area contributed by atoms with Gasteiger partial charge in [0, 0.05) is 24.5 Å². The average molecular weight is 264 g/mol. The largest absolute Gasteiger partial charge is 0.376 e. The molecule has 106 valence electrons. The number of hydrogen-bond acceptors (Lipinski definition) is 3. The fourth-order valence-corrected chi connectivity index (χ4v) is 4.77. The van der Waals surface area contributed by atoms with Gasteiger partial charge in [-0.1, -0.05) is 12.8 Å². The first kappa shape index (κ1) is 12.2. The molecule has 3 N–H and O–H groups in total. The Labute approximate surface area is 114 Å². The zero-order chi connectivity index (χ0) is 13.0. The van der Waals surface area contributed by atoms with Crippen molar-refractivity contribution in [2.24, 2.45) is 29.4 Å². The summed E-state index contributed by atoms with van der Waals surface area (Å²) in [4.78, 5) is 12.4. The molecule has 1 saturated heterocycles. The number of fused-ring (bicyclic) bond motifs is 2. The van der Waals surface area contributed by atoms with Crippen molar-refractivity contribution in [3.05, 3.63) is 0 Å². The molecule has 4 nitrogen and oxygen atoms in total. The van der Waals surface area contributed by atoms with Crippen molar-refractivity contribution in [2.45, 2.75) is 56.7 Å². The summed E-state index contributed by atoms with van der Waals surface area (Å²) in [5.74, 6) is 2.36. The molecule has 0 radical (unpaired) electrons.